The maximum absolute atomic E-state index is 11.7. The van der Waals surface area contributed by atoms with E-state index < -0.39 is 17.5 Å². The van der Waals surface area contributed by atoms with Gasteiger partial charge in [-0.3, -0.25) is 0 Å². The molecule has 0 radical (unpaired) electrons. The fourth-order valence-electron chi connectivity index (χ4n) is 1.23. The number of esters is 2. The molecule has 0 aromatic heterocycles. The van der Waals surface area contributed by atoms with Gasteiger partial charge in [0.1, 0.15) is 0 Å². The molecule has 0 aliphatic rings. The van der Waals surface area contributed by atoms with Gasteiger partial charge in [0, 0.05) is 12.1 Å². The van der Waals surface area contributed by atoms with Crippen molar-refractivity contribution >= 4 is 11.9 Å². The van der Waals surface area contributed by atoms with Gasteiger partial charge in [0.2, 0.25) is 5.60 Å². The van der Waals surface area contributed by atoms with Crippen LogP contribution in [0.15, 0.2) is 25.0 Å². The zero-order valence-electron chi connectivity index (χ0n) is 10.8. The van der Waals surface area contributed by atoms with Crippen LogP contribution in [0.3, 0.4) is 0 Å². The van der Waals surface area contributed by atoms with Gasteiger partial charge in [-0.1, -0.05) is 13.2 Å². The van der Waals surface area contributed by atoms with E-state index in [1.807, 2.05) is 0 Å². The molecule has 0 saturated carbocycles. The van der Waals surface area contributed by atoms with Crippen LogP contribution in [-0.4, -0.2) is 43.1 Å². The lowest BCUT2D eigenvalue weighted by atomic mass is 10.1. The second kappa shape index (κ2) is 6.20. The summed E-state index contributed by atoms with van der Waals surface area (Å²) in [4.78, 5) is 24.9. The minimum atomic E-state index is -1.38. The average Bonchev–Trinajstić information content (AvgIpc) is 2.16. The Balaban J connectivity index is 4.96. The van der Waals surface area contributed by atoms with Crippen LogP contribution in [0.25, 0.3) is 0 Å². The van der Waals surface area contributed by atoms with Crippen LogP contribution in [0.1, 0.15) is 13.8 Å². The molecule has 0 N–H and O–H groups in total. The summed E-state index contributed by atoms with van der Waals surface area (Å²) in [5.74, 6) is -1.30. The van der Waals surface area contributed by atoms with E-state index >= 15 is 0 Å². The number of hydrogen-bond acceptors (Lipinski definition) is 5. The molecule has 0 rings (SSSR count). The van der Waals surface area contributed by atoms with Crippen LogP contribution in [0.5, 0.6) is 0 Å². The standard InChI is InChI=1S/C12H19NO4/c1-7-16-11(15)12(4,8-13(5)6)17-10(14)9(2)3/h7H,1-2,8H2,3-6H3. The number of carbonyl (C=O) groups is 2. The summed E-state index contributed by atoms with van der Waals surface area (Å²) in [5, 5.41) is 0. The van der Waals surface area contributed by atoms with Crippen molar-refractivity contribution in [2.24, 2.45) is 0 Å². The summed E-state index contributed by atoms with van der Waals surface area (Å²) >= 11 is 0. The van der Waals surface area contributed by atoms with Gasteiger partial charge >= 0.3 is 11.9 Å². The molecule has 0 spiro atoms. The minimum Gasteiger partial charge on any atom is -0.443 e. The molecule has 0 heterocycles. The lowest BCUT2D eigenvalue weighted by Crippen LogP contribution is -2.48. The topological polar surface area (TPSA) is 55.8 Å². The van der Waals surface area contributed by atoms with Crippen molar-refractivity contribution in [2.45, 2.75) is 19.4 Å². The third kappa shape index (κ3) is 4.82. The zero-order chi connectivity index (χ0) is 13.6. The van der Waals surface area contributed by atoms with Crippen LogP contribution >= 0.6 is 0 Å². The van der Waals surface area contributed by atoms with Gasteiger partial charge in [0.25, 0.3) is 0 Å². The van der Waals surface area contributed by atoms with Crippen LogP contribution in [0.2, 0.25) is 0 Å². The molecule has 0 aromatic carbocycles. The van der Waals surface area contributed by atoms with Gasteiger partial charge in [0.05, 0.1) is 6.26 Å². The summed E-state index contributed by atoms with van der Waals surface area (Å²) in [6, 6.07) is 0. The molecule has 0 aliphatic heterocycles. The Morgan fingerprint density at radius 2 is 1.94 bits per heavy atom. The quantitative estimate of drug-likeness (QED) is 0.396. The summed E-state index contributed by atoms with van der Waals surface area (Å²) < 4.78 is 9.80. The van der Waals surface area contributed by atoms with Crippen LogP contribution in [-0.2, 0) is 19.1 Å². The number of likely N-dealkylation sites (N-methyl/N-ethyl adjacent to an activating group) is 1. The number of ether oxygens (including phenoxy) is 2. The molecule has 0 saturated heterocycles. The van der Waals surface area contributed by atoms with Gasteiger partial charge in [-0.25, -0.2) is 9.59 Å². The Hall–Kier alpha value is -1.62. The molecule has 5 nitrogen and oxygen atoms in total. The largest absolute Gasteiger partial charge is 0.443 e. The molecular weight excluding hydrogens is 222 g/mol. The maximum Gasteiger partial charge on any atom is 0.356 e. The maximum atomic E-state index is 11.7. The second-order valence-corrected chi connectivity index (χ2v) is 4.21. The van der Waals surface area contributed by atoms with Gasteiger partial charge in [-0.15, -0.1) is 0 Å². The molecule has 17 heavy (non-hydrogen) atoms. The fraction of sp³-hybridized carbons (Fsp3) is 0.500. The number of nitrogens with zero attached hydrogens (tertiary/aromatic N) is 1. The van der Waals surface area contributed by atoms with Crippen LogP contribution in [0, 0.1) is 0 Å². The summed E-state index contributed by atoms with van der Waals surface area (Å²) in [6.07, 6.45) is 1.00. The second-order valence-electron chi connectivity index (χ2n) is 4.21. The normalized spacial score (nSPS) is 13.7. The van der Waals surface area contributed by atoms with Crippen molar-refractivity contribution in [3.05, 3.63) is 25.0 Å². The van der Waals surface area contributed by atoms with E-state index in [9.17, 15) is 9.59 Å². The average molecular weight is 241 g/mol. The summed E-state index contributed by atoms with van der Waals surface area (Å²) in [7, 11) is 3.52. The summed E-state index contributed by atoms with van der Waals surface area (Å²) in [6.45, 7) is 9.96. The molecule has 1 unspecified atom stereocenters. The SMILES string of the molecule is C=COC(=O)C(C)(CN(C)C)OC(=O)C(=C)C. The predicted molar refractivity (Wildman–Crippen MR) is 64.2 cm³/mol. The highest BCUT2D eigenvalue weighted by molar-refractivity contribution is 5.91. The van der Waals surface area contributed by atoms with Crippen molar-refractivity contribution in [3.8, 4) is 0 Å². The molecule has 5 heteroatoms. The van der Waals surface area contributed by atoms with E-state index in [-0.39, 0.29) is 12.1 Å². The molecule has 0 amide bonds. The molecular formula is C12H19NO4. The van der Waals surface area contributed by atoms with Crippen molar-refractivity contribution in [3.63, 3.8) is 0 Å². The van der Waals surface area contributed by atoms with E-state index in [1.54, 1.807) is 19.0 Å². The highest BCUT2D eigenvalue weighted by Gasteiger charge is 2.39. The third-order valence-corrected chi connectivity index (χ3v) is 1.91. The fourth-order valence-corrected chi connectivity index (χ4v) is 1.23. The Morgan fingerprint density at radius 3 is 2.29 bits per heavy atom. The van der Waals surface area contributed by atoms with E-state index in [0.717, 1.165) is 6.26 Å². The monoisotopic (exact) mass is 241 g/mol. The van der Waals surface area contributed by atoms with Gasteiger partial charge in [-0.2, -0.15) is 0 Å². The number of hydrogen-bond donors (Lipinski definition) is 0. The molecule has 0 bridgehead atoms. The molecule has 0 aromatic rings. The Kier molecular flexibility index (Phi) is 5.61. The molecule has 0 aliphatic carbocycles. The van der Waals surface area contributed by atoms with Gasteiger partial charge < -0.3 is 14.4 Å². The van der Waals surface area contributed by atoms with Crippen molar-refractivity contribution in [1.82, 2.24) is 4.90 Å². The van der Waals surface area contributed by atoms with Crippen molar-refractivity contribution in [1.29, 1.82) is 0 Å². The predicted octanol–water partition coefficient (Wildman–Crippen LogP) is 1.11. The third-order valence-electron chi connectivity index (χ3n) is 1.91. The Morgan fingerprint density at radius 1 is 1.41 bits per heavy atom. The van der Waals surface area contributed by atoms with Gasteiger partial charge in [-0.05, 0) is 27.9 Å². The number of rotatable bonds is 6. The first-order chi connectivity index (χ1) is 7.73. The van der Waals surface area contributed by atoms with Gasteiger partial charge in [0.15, 0.2) is 0 Å². The number of carbonyl (C=O) groups excluding carboxylic acids is 2. The molecule has 0 fully saturated rings. The van der Waals surface area contributed by atoms with Crippen LogP contribution < -0.4 is 0 Å². The highest BCUT2D eigenvalue weighted by atomic mass is 16.6. The van der Waals surface area contributed by atoms with Crippen molar-refractivity contribution < 1.29 is 19.1 Å². The van der Waals surface area contributed by atoms with E-state index in [1.165, 1.54) is 13.8 Å². The highest BCUT2D eigenvalue weighted by Crippen LogP contribution is 2.16. The van der Waals surface area contributed by atoms with Crippen LogP contribution in [0.4, 0.5) is 0 Å². The first-order valence-electron chi connectivity index (χ1n) is 5.08. The van der Waals surface area contributed by atoms with Crippen molar-refractivity contribution in [2.75, 3.05) is 20.6 Å². The lowest BCUT2D eigenvalue weighted by Gasteiger charge is -2.29. The first kappa shape index (κ1) is 15.4. The first-order valence-corrected chi connectivity index (χ1v) is 5.08. The van der Waals surface area contributed by atoms with E-state index in [0.29, 0.717) is 0 Å². The van der Waals surface area contributed by atoms with E-state index in [2.05, 4.69) is 17.9 Å². The molecule has 96 valence electrons. The summed E-state index contributed by atoms with van der Waals surface area (Å²) in [5.41, 5.74) is -1.16. The molecule has 1 atom stereocenters. The Bertz CT molecular complexity index is 335. The minimum absolute atomic E-state index is 0.207. The zero-order valence-corrected chi connectivity index (χ0v) is 10.8. The smallest absolute Gasteiger partial charge is 0.356 e. The lowest BCUT2D eigenvalue weighted by molar-refractivity contribution is -0.175. The Labute approximate surface area is 102 Å². The van der Waals surface area contributed by atoms with E-state index in [4.69, 9.17) is 4.74 Å².